The molecule has 0 unspecified atom stereocenters. The van der Waals surface area contributed by atoms with Crippen molar-refractivity contribution in [3.05, 3.63) is 0 Å². The number of carbonyl (C=O) groups is 2. The number of nitrogens with zero attached hydrogens (tertiary/aromatic N) is 2. The van der Waals surface area contributed by atoms with Crippen molar-refractivity contribution in [2.24, 2.45) is 0 Å². The number of amides is 3. The summed E-state index contributed by atoms with van der Waals surface area (Å²) >= 11 is 0. The third kappa shape index (κ3) is 4.13. The molecule has 0 aromatic rings. The summed E-state index contributed by atoms with van der Waals surface area (Å²) in [5.41, 5.74) is 0. The molecule has 0 spiro atoms. The first-order valence-corrected chi connectivity index (χ1v) is 5.93. The molecule has 0 aromatic heterocycles. The van der Waals surface area contributed by atoms with E-state index in [1.807, 2.05) is 13.8 Å². The second-order valence-corrected chi connectivity index (χ2v) is 4.40. The Morgan fingerprint density at radius 3 is 2.29 bits per heavy atom. The predicted molar refractivity (Wildman–Crippen MR) is 63.8 cm³/mol. The summed E-state index contributed by atoms with van der Waals surface area (Å²) in [4.78, 5) is 26.5. The summed E-state index contributed by atoms with van der Waals surface area (Å²) in [7, 11) is 1.37. The normalized spacial score (nSPS) is 16.7. The molecule has 0 atom stereocenters. The van der Waals surface area contributed by atoms with E-state index in [4.69, 9.17) is 0 Å². The minimum absolute atomic E-state index is 0.0632. The molecule has 0 saturated carbocycles. The van der Waals surface area contributed by atoms with Gasteiger partial charge in [-0.25, -0.2) is 9.59 Å². The monoisotopic (exact) mass is 243 g/mol. The van der Waals surface area contributed by atoms with Crippen LogP contribution in [-0.4, -0.2) is 61.3 Å². The summed E-state index contributed by atoms with van der Waals surface area (Å²) in [6.45, 7) is 6.24. The van der Waals surface area contributed by atoms with Gasteiger partial charge in [0.05, 0.1) is 7.11 Å². The van der Waals surface area contributed by atoms with Gasteiger partial charge in [-0.1, -0.05) is 0 Å². The first kappa shape index (κ1) is 13.6. The second-order valence-electron chi connectivity index (χ2n) is 4.40. The van der Waals surface area contributed by atoms with Gasteiger partial charge in [0.2, 0.25) is 0 Å². The number of rotatable bonds is 1. The van der Waals surface area contributed by atoms with Gasteiger partial charge in [0.15, 0.2) is 0 Å². The average molecular weight is 243 g/mol. The van der Waals surface area contributed by atoms with Gasteiger partial charge in [0.1, 0.15) is 0 Å². The zero-order chi connectivity index (χ0) is 12.8. The van der Waals surface area contributed by atoms with E-state index in [0.717, 1.165) is 6.42 Å². The SMILES string of the molecule is COC(=O)N1CCCN(C(=O)NC(C)C)CC1. The highest BCUT2D eigenvalue weighted by molar-refractivity contribution is 5.74. The number of hydrogen-bond acceptors (Lipinski definition) is 3. The molecule has 1 saturated heterocycles. The quantitative estimate of drug-likeness (QED) is 0.743. The van der Waals surface area contributed by atoms with Gasteiger partial charge in [-0.15, -0.1) is 0 Å². The molecule has 0 bridgehead atoms. The fourth-order valence-electron chi connectivity index (χ4n) is 1.77. The standard InChI is InChI=1S/C11H21N3O3/c1-9(2)12-10(15)13-5-4-6-14(8-7-13)11(16)17-3/h9H,4-8H2,1-3H3,(H,12,15). The van der Waals surface area contributed by atoms with Gasteiger partial charge in [0.25, 0.3) is 0 Å². The minimum atomic E-state index is -0.323. The highest BCUT2D eigenvalue weighted by Crippen LogP contribution is 2.05. The third-order valence-electron chi connectivity index (χ3n) is 2.63. The van der Waals surface area contributed by atoms with Crippen molar-refractivity contribution in [3.63, 3.8) is 0 Å². The van der Waals surface area contributed by atoms with E-state index in [1.165, 1.54) is 7.11 Å². The summed E-state index contributed by atoms with van der Waals surface area (Å²) in [6, 6.07) is 0.0641. The summed E-state index contributed by atoms with van der Waals surface area (Å²) in [5, 5.41) is 2.85. The lowest BCUT2D eigenvalue weighted by Crippen LogP contribution is -2.44. The van der Waals surface area contributed by atoms with Crippen LogP contribution in [0.15, 0.2) is 0 Å². The lowest BCUT2D eigenvalue weighted by Gasteiger charge is -2.22. The van der Waals surface area contributed by atoms with Gasteiger partial charge >= 0.3 is 12.1 Å². The summed E-state index contributed by atoms with van der Waals surface area (Å²) in [5.74, 6) is 0. The van der Waals surface area contributed by atoms with Crippen LogP contribution >= 0.6 is 0 Å². The van der Waals surface area contributed by atoms with Gasteiger partial charge in [-0.3, -0.25) is 0 Å². The van der Waals surface area contributed by atoms with Crippen LogP contribution in [0.2, 0.25) is 0 Å². The lowest BCUT2D eigenvalue weighted by molar-refractivity contribution is 0.125. The van der Waals surface area contributed by atoms with Crippen molar-refractivity contribution in [1.82, 2.24) is 15.1 Å². The number of urea groups is 1. The van der Waals surface area contributed by atoms with E-state index in [2.05, 4.69) is 10.1 Å². The molecule has 1 heterocycles. The molecule has 6 heteroatoms. The van der Waals surface area contributed by atoms with Crippen molar-refractivity contribution < 1.29 is 14.3 Å². The maximum atomic E-state index is 11.8. The van der Waals surface area contributed by atoms with Crippen molar-refractivity contribution >= 4 is 12.1 Å². The van der Waals surface area contributed by atoms with Crippen LogP contribution in [0, 0.1) is 0 Å². The fourth-order valence-corrected chi connectivity index (χ4v) is 1.77. The molecule has 0 radical (unpaired) electrons. The van der Waals surface area contributed by atoms with Crippen LogP contribution in [0.5, 0.6) is 0 Å². The maximum absolute atomic E-state index is 11.8. The molecule has 0 aliphatic carbocycles. The molecule has 98 valence electrons. The molecule has 1 fully saturated rings. The topological polar surface area (TPSA) is 61.9 Å². The molecule has 0 aromatic carbocycles. The Bertz CT molecular complexity index is 281. The van der Waals surface area contributed by atoms with E-state index >= 15 is 0 Å². The van der Waals surface area contributed by atoms with E-state index in [1.54, 1.807) is 9.80 Å². The van der Waals surface area contributed by atoms with Crippen molar-refractivity contribution in [3.8, 4) is 0 Å². The van der Waals surface area contributed by atoms with E-state index in [9.17, 15) is 9.59 Å². The Labute approximate surface area is 102 Å². The smallest absolute Gasteiger partial charge is 0.409 e. The van der Waals surface area contributed by atoms with Crippen LogP contribution in [-0.2, 0) is 4.74 Å². The van der Waals surface area contributed by atoms with Crippen molar-refractivity contribution in [2.45, 2.75) is 26.3 Å². The van der Waals surface area contributed by atoms with E-state index in [0.29, 0.717) is 26.2 Å². The van der Waals surface area contributed by atoms with Crippen LogP contribution in [0.1, 0.15) is 20.3 Å². The molecule has 17 heavy (non-hydrogen) atoms. The third-order valence-corrected chi connectivity index (χ3v) is 2.63. The van der Waals surface area contributed by atoms with Gasteiger partial charge in [0, 0.05) is 32.2 Å². The van der Waals surface area contributed by atoms with Gasteiger partial charge < -0.3 is 19.9 Å². The molecule has 1 N–H and O–H groups in total. The average Bonchev–Trinajstić information content (AvgIpc) is 2.52. The molecule has 1 aliphatic heterocycles. The van der Waals surface area contributed by atoms with Gasteiger partial charge in [-0.2, -0.15) is 0 Å². The highest BCUT2D eigenvalue weighted by atomic mass is 16.5. The molecular weight excluding hydrogens is 222 g/mol. The Morgan fingerprint density at radius 1 is 1.12 bits per heavy atom. The molecule has 3 amide bonds. The van der Waals surface area contributed by atoms with Crippen molar-refractivity contribution in [2.75, 3.05) is 33.3 Å². The first-order valence-electron chi connectivity index (χ1n) is 5.93. The second kappa shape index (κ2) is 6.32. The Morgan fingerprint density at radius 2 is 1.71 bits per heavy atom. The number of carbonyl (C=O) groups excluding carboxylic acids is 2. The zero-order valence-corrected chi connectivity index (χ0v) is 10.7. The summed E-state index contributed by atoms with van der Waals surface area (Å²) < 4.78 is 4.67. The first-order chi connectivity index (χ1) is 8.04. The number of nitrogens with one attached hydrogen (secondary N) is 1. The van der Waals surface area contributed by atoms with Gasteiger partial charge in [-0.05, 0) is 20.3 Å². The van der Waals surface area contributed by atoms with Crippen LogP contribution < -0.4 is 5.32 Å². The number of hydrogen-bond donors (Lipinski definition) is 1. The van der Waals surface area contributed by atoms with E-state index < -0.39 is 0 Å². The molecule has 1 rings (SSSR count). The Hall–Kier alpha value is -1.46. The Kier molecular flexibility index (Phi) is 5.06. The maximum Gasteiger partial charge on any atom is 0.409 e. The fraction of sp³-hybridized carbons (Fsp3) is 0.818. The summed E-state index contributed by atoms with van der Waals surface area (Å²) in [6.07, 6.45) is 0.455. The van der Waals surface area contributed by atoms with Crippen LogP contribution in [0.25, 0.3) is 0 Å². The van der Waals surface area contributed by atoms with Crippen LogP contribution in [0.3, 0.4) is 0 Å². The largest absolute Gasteiger partial charge is 0.453 e. The Balaban J connectivity index is 2.47. The molecule has 1 aliphatic rings. The van der Waals surface area contributed by atoms with Crippen molar-refractivity contribution in [1.29, 1.82) is 0 Å². The van der Waals surface area contributed by atoms with Crippen LogP contribution in [0.4, 0.5) is 9.59 Å². The predicted octanol–water partition coefficient (Wildman–Crippen LogP) is 0.878. The minimum Gasteiger partial charge on any atom is -0.453 e. The number of ether oxygens (including phenoxy) is 1. The van der Waals surface area contributed by atoms with E-state index in [-0.39, 0.29) is 18.2 Å². The molecular formula is C11H21N3O3. The molecule has 6 nitrogen and oxygen atoms in total. The number of methoxy groups -OCH3 is 1. The highest BCUT2D eigenvalue weighted by Gasteiger charge is 2.22. The zero-order valence-electron chi connectivity index (χ0n) is 10.7. The lowest BCUT2D eigenvalue weighted by atomic mass is 10.4.